The minimum atomic E-state index is 0.411. The van der Waals surface area contributed by atoms with Crippen LogP contribution in [0.4, 0.5) is 5.82 Å². The van der Waals surface area contributed by atoms with Gasteiger partial charge in [-0.3, -0.25) is 0 Å². The summed E-state index contributed by atoms with van der Waals surface area (Å²) in [7, 11) is 0. The monoisotopic (exact) mass is 267 g/mol. The topological polar surface area (TPSA) is 57.7 Å². The van der Waals surface area contributed by atoms with E-state index in [-0.39, 0.29) is 0 Å². The summed E-state index contributed by atoms with van der Waals surface area (Å²) < 4.78 is 0. The summed E-state index contributed by atoms with van der Waals surface area (Å²) in [5.41, 5.74) is 2.45. The van der Waals surface area contributed by atoms with Crippen molar-refractivity contribution in [2.24, 2.45) is 0 Å². The molecule has 0 amide bonds. The lowest BCUT2D eigenvalue weighted by Crippen LogP contribution is -2.30. The second kappa shape index (κ2) is 5.33. The molecule has 5 heteroatoms. The molecule has 1 aliphatic rings. The maximum Gasteiger partial charge on any atom is 0.207 e. The molecule has 0 aliphatic carbocycles. The van der Waals surface area contributed by atoms with Crippen LogP contribution in [0.2, 0.25) is 0 Å². The third kappa shape index (κ3) is 2.37. The minimum Gasteiger partial charge on any atom is -0.353 e. The van der Waals surface area contributed by atoms with Gasteiger partial charge in [-0.05, 0) is 43.9 Å². The fourth-order valence-corrected chi connectivity index (χ4v) is 2.56. The molecule has 1 saturated heterocycles. The highest BCUT2D eigenvalue weighted by Gasteiger charge is 2.20. The molecule has 1 aromatic carbocycles. The van der Waals surface area contributed by atoms with Gasteiger partial charge in [0.25, 0.3) is 0 Å². The normalized spacial score (nSPS) is 15.1. The van der Waals surface area contributed by atoms with Crippen molar-refractivity contribution in [3.05, 3.63) is 35.5 Å². The molecule has 0 atom stereocenters. The summed E-state index contributed by atoms with van der Waals surface area (Å²) >= 11 is 0. The Morgan fingerprint density at radius 1 is 1.15 bits per heavy atom. The van der Waals surface area contributed by atoms with Crippen LogP contribution in [0.15, 0.2) is 24.3 Å². The van der Waals surface area contributed by atoms with Crippen LogP contribution in [0.1, 0.15) is 30.5 Å². The van der Waals surface area contributed by atoms with E-state index < -0.39 is 0 Å². The Balaban J connectivity index is 1.98. The quantitative estimate of drug-likeness (QED) is 0.838. The molecule has 0 spiro atoms. The average Bonchev–Trinajstić information content (AvgIpc) is 2.92. The second-order valence-corrected chi connectivity index (χ2v) is 5.16. The zero-order chi connectivity index (χ0) is 13.9. The van der Waals surface area contributed by atoms with Crippen molar-refractivity contribution in [1.29, 1.82) is 5.26 Å². The van der Waals surface area contributed by atoms with Gasteiger partial charge in [0.1, 0.15) is 6.07 Å². The molecular formula is C15H17N5. The summed E-state index contributed by atoms with van der Waals surface area (Å²) in [6.07, 6.45) is 3.56. The molecule has 0 unspecified atom stereocenters. The molecule has 1 aliphatic heterocycles. The van der Waals surface area contributed by atoms with Gasteiger partial charge >= 0.3 is 0 Å². The van der Waals surface area contributed by atoms with Gasteiger partial charge in [-0.15, -0.1) is 15.0 Å². The Morgan fingerprint density at radius 3 is 2.65 bits per heavy atom. The number of hydrogen-bond donors (Lipinski definition) is 0. The summed E-state index contributed by atoms with van der Waals surface area (Å²) in [5, 5.41) is 18.1. The number of hydrogen-bond acceptors (Lipinski definition) is 4. The van der Waals surface area contributed by atoms with Crippen LogP contribution in [0.5, 0.6) is 0 Å². The molecule has 1 aromatic heterocycles. The van der Waals surface area contributed by atoms with E-state index >= 15 is 0 Å². The number of benzene rings is 1. The second-order valence-electron chi connectivity index (χ2n) is 5.16. The van der Waals surface area contributed by atoms with Crippen molar-refractivity contribution in [3.8, 4) is 11.8 Å². The van der Waals surface area contributed by atoms with E-state index in [1.54, 1.807) is 4.80 Å². The molecular weight excluding hydrogens is 250 g/mol. The smallest absolute Gasteiger partial charge is 0.207 e. The van der Waals surface area contributed by atoms with Crippen LogP contribution in [0, 0.1) is 18.3 Å². The molecule has 102 valence electrons. The SMILES string of the molecule is Cc1cccc(-n2nc(C#N)c(N3CCCCC3)n2)c1. The first-order chi connectivity index (χ1) is 9.78. The van der Waals surface area contributed by atoms with Crippen LogP contribution >= 0.6 is 0 Å². The van der Waals surface area contributed by atoms with Gasteiger partial charge in [0.15, 0.2) is 5.82 Å². The van der Waals surface area contributed by atoms with Crippen molar-refractivity contribution in [2.75, 3.05) is 18.0 Å². The minimum absolute atomic E-state index is 0.411. The first-order valence-electron chi connectivity index (χ1n) is 6.97. The standard InChI is InChI=1S/C15H17N5/c1-12-6-5-7-13(10-12)20-17-14(11-16)15(18-20)19-8-3-2-4-9-19/h5-7,10H,2-4,8-9H2,1H3. The summed E-state index contributed by atoms with van der Waals surface area (Å²) in [6, 6.07) is 10.1. The van der Waals surface area contributed by atoms with Gasteiger partial charge in [0.05, 0.1) is 5.69 Å². The molecule has 0 radical (unpaired) electrons. The molecule has 20 heavy (non-hydrogen) atoms. The molecule has 5 nitrogen and oxygen atoms in total. The van der Waals surface area contributed by atoms with Gasteiger partial charge in [0.2, 0.25) is 5.69 Å². The lowest BCUT2D eigenvalue weighted by molar-refractivity contribution is 0.571. The van der Waals surface area contributed by atoms with Crippen LogP contribution in [0.3, 0.4) is 0 Å². The summed E-state index contributed by atoms with van der Waals surface area (Å²) in [5.74, 6) is 0.716. The highest BCUT2D eigenvalue weighted by molar-refractivity contribution is 5.50. The molecule has 0 N–H and O–H groups in total. The lowest BCUT2D eigenvalue weighted by Gasteiger charge is -2.26. The van der Waals surface area contributed by atoms with E-state index in [0.717, 1.165) is 37.2 Å². The zero-order valence-electron chi connectivity index (χ0n) is 11.6. The van der Waals surface area contributed by atoms with Crippen molar-refractivity contribution >= 4 is 5.82 Å². The number of nitriles is 1. The molecule has 2 heterocycles. The van der Waals surface area contributed by atoms with E-state index in [9.17, 15) is 5.26 Å². The average molecular weight is 267 g/mol. The van der Waals surface area contributed by atoms with Crippen molar-refractivity contribution in [1.82, 2.24) is 15.0 Å². The summed E-state index contributed by atoms with van der Waals surface area (Å²) in [4.78, 5) is 3.73. The lowest BCUT2D eigenvalue weighted by atomic mass is 10.1. The summed E-state index contributed by atoms with van der Waals surface area (Å²) in [6.45, 7) is 3.95. The van der Waals surface area contributed by atoms with Crippen LogP contribution in [-0.4, -0.2) is 28.1 Å². The highest BCUT2D eigenvalue weighted by atomic mass is 15.5. The fraction of sp³-hybridized carbons (Fsp3) is 0.400. The Labute approximate surface area is 118 Å². The van der Waals surface area contributed by atoms with E-state index in [1.165, 1.54) is 6.42 Å². The Hall–Kier alpha value is -2.35. The first-order valence-corrected chi connectivity index (χ1v) is 6.97. The number of nitrogens with zero attached hydrogens (tertiary/aromatic N) is 5. The third-order valence-corrected chi connectivity index (χ3v) is 3.59. The number of rotatable bonds is 2. The van der Waals surface area contributed by atoms with Gasteiger partial charge in [-0.2, -0.15) is 5.26 Å². The van der Waals surface area contributed by atoms with E-state index in [1.807, 2.05) is 31.2 Å². The first kappa shape index (κ1) is 12.7. The van der Waals surface area contributed by atoms with Crippen LogP contribution in [-0.2, 0) is 0 Å². The fourth-order valence-electron chi connectivity index (χ4n) is 2.56. The van der Waals surface area contributed by atoms with Gasteiger partial charge < -0.3 is 4.90 Å². The predicted octanol–water partition coefficient (Wildman–Crippen LogP) is 2.44. The Kier molecular flexibility index (Phi) is 3.38. The molecule has 0 saturated carbocycles. The van der Waals surface area contributed by atoms with Crippen LogP contribution < -0.4 is 4.90 Å². The Bertz CT molecular complexity index is 647. The number of piperidine rings is 1. The van der Waals surface area contributed by atoms with Gasteiger partial charge in [-0.25, -0.2) is 0 Å². The van der Waals surface area contributed by atoms with Crippen molar-refractivity contribution in [2.45, 2.75) is 26.2 Å². The van der Waals surface area contributed by atoms with Crippen molar-refractivity contribution in [3.63, 3.8) is 0 Å². The zero-order valence-corrected chi connectivity index (χ0v) is 11.6. The van der Waals surface area contributed by atoms with Crippen molar-refractivity contribution < 1.29 is 0 Å². The van der Waals surface area contributed by atoms with Gasteiger partial charge in [0, 0.05) is 13.1 Å². The van der Waals surface area contributed by atoms with Gasteiger partial charge in [-0.1, -0.05) is 12.1 Å². The maximum atomic E-state index is 9.27. The maximum absolute atomic E-state index is 9.27. The van der Waals surface area contributed by atoms with E-state index in [0.29, 0.717) is 11.5 Å². The highest BCUT2D eigenvalue weighted by Crippen LogP contribution is 2.21. The number of aromatic nitrogens is 3. The molecule has 2 aromatic rings. The molecule has 1 fully saturated rings. The largest absolute Gasteiger partial charge is 0.353 e. The Morgan fingerprint density at radius 2 is 1.95 bits per heavy atom. The van der Waals surface area contributed by atoms with E-state index in [4.69, 9.17) is 0 Å². The van der Waals surface area contributed by atoms with E-state index in [2.05, 4.69) is 21.2 Å². The van der Waals surface area contributed by atoms with Crippen LogP contribution in [0.25, 0.3) is 5.69 Å². The number of aryl methyl sites for hydroxylation is 1. The third-order valence-electron chi connectivity index (χ3n) is 3.59. The molecule has 0 bridgehead atoms. The predicted molar refractivity (Wildman–Crippen MR) is 76.9 cm³/mol. The molecule has 3 rings (SSSR count). The number of anilines is 1.